The van der Waals surface area contributed by atoms with Crippen molar-refractivity contribution < 1.29 is 9.59 Å². The lowest BCUT2D eigenvalue weighted by Crippen LogP contribution is -2.31. The molecule has 0 aliphatic carbocycles. The van der Waals surface area contributed by atoms with Crippen molar-refractivity contribution in [3.8, 4) is 0 Å². The van der Waals surface area contributed by atoms with Crippen LogP contribution >= 0.6 is 23.2 Å². The van der Waals surface area contributed by atoms with Gasteiger partial charge in [-0.3, -0.25) is 9.59 Å². The number of nitrogens with one attached hydrogen (secondary N) is 2. The Morgan fingerprint density at radius 2 is 1.78 bits per heavy atom. The van der Waals surface area contributed by atoms with Crippen LogP contribution < -0.4 is 15.5 Å². The van der Waals surface area contributed by atoms with Crippen LogP contribution in [0.2, 0.25) is 10.0 Å². The fourth-order valence-corrected chi connectivity index (χ4v) is 5.02. The summed E-state index contributed by atoms with van der Waals surface area (Å²) in [6.45, 7) is 5.85. The smallest absolute Gasteiger partial charge is 0.258 e. The van der Waals surface area contributed by atoms with E-state index in [1.165, 1.54) is 0 Å². The van der Waals surface area contributed by atoms with Gasteiger partial charge in [-0.25, -0.2) is 0 Å². The zero-order chi connectivity index (χ0) is 25.7. The van der Waals surface area contributed by atoms with E-state index in [0.29, 0.717) is 45.4 Å². The highest BCUT2D eigenvalue weighted by atomic mass is 35.5. The molecular formula is C29H31Cl2N3O2. The molecule has 0 saturated carbocycles. The topological polar surface area (TPSA) is 61.4 Å². The molecule has 0 saturated heterocycles. The van der Waals surface area contributed by atoms with Crippen LogP contribution in [0.15, 0.2) is 66.7 Å². The van der Waals surface area contributed by atoms with Crippen LogP contribution in [0, 0.1) is 0 Å². The second-order valence-electron chi connectivity index (χ2n) is 9.41. The molecule has 1 unspecified atom stereocenters. The number of benzene rings is 3. The number of nitrogens with zero attached hydrogens (tertiary/aromatic N) is 1. The van der Waals surface area contributed by atoms with Crippen molar-refractivity contribution in [2.24, 2.45) is 0 Å². The summed E-state index contributed by atoms with van der Waals surface area (Å²) in [5, 5.41) is 7.41. The van der Waals surface area contributed by atoms with E-state index < -0.39 is 0 Å². The molecule has 0 radical (unpaired) electrons. The molecule has 0 aromatic heterocycles. The first-order valence-corrected chi connectivity index (χ1v) is 13.1. The van der Waals surface area contributed by atoms with Crippen LogP contribution in [0.3, 0.4) is 0 Å². The largest absolute Gasteiger partial charge is 0.322 e. The number of halogens is 2. The molecule has 0 spiro atoms. The normalized spacial score (nSPS) is 15.4. The molecule has 1 heterocycles. The van der Waals surface area contributed by atoms with Crippen LogP contribution in [0.1, 0.15) is 65.3 Å². The molecule has 3 aromatic rings. The van der Waals surface area contributed by atoms with Gasteiger partial charge in [0.25, 0.3) is 11.8 Å². The lowest BCUT2D eigenvalue weighted by Gasteiger charge is -2.25. The lowest BCUT2D eigenvalue weighted by atomic mass is 9.91. The maximum absolute atomic E-state index is 13.6. The Morgan fingerprint density at radius 1 is 1.03 bits per heavy atom. The third kappa shape index (κ3) is 6.28. The third-order valence-corrected chi connectivity index (χ3v) is 7.02. The number of fused-ring (bicyclic) bond motifs is 1. The van der Waals surface area contributed by atoms with Gasteiger partial charge in [-0.2, -0.15) is 0 Å². The number of carbonyl (C=O) groups is 2. The number of anilines is 2. The van der Waals surface area contributed by atoms with Crippen molar-refractivity contribution in [3.63, 3.8) is 0 Å². The second-order valence-corrected chi connectivity index (χ2v) is 10.3. The minimum atomic E-state index is -0.295. The van der Waals surface area contributed by atoms with E-state index in [2.05, 4.69) is 24.5 Å². The molecule has 0 fully saturated rings. The van der Waals surface area contributed by atoms with Gasteiger partial charge in [0.05, 0.1) is 10.6 Å². The predicted octanol–water partition coefficient (Wildman–Crippen LogP) is 7.16. The van der Waals surface area contributed by atoms with E-state index in [1.807, 2.05) is 23.1 Å². The Hall–Kier alpha value is -2.86. The number of rotatable bonds is 7. The summed E-state index contributed by atoms with van der Waals surface area (Å²) in [6, 6.07) is 20.1. The summed E-state index contributed by atoms with van der Waals surface area (Å²) < 4.78 is 0. The first-order valence-electron chi connectivity index (χ1n) is 12.3. The highest BCUT2D eigenvalue weighted by molar-refractivity contribution is 6.34. The molecule has 4 rings (SSSR count). The van der Waals surface area contributed by atoms with E-state index >= 15 is 0 Å². The molecule has 2 N–H and O–H groups in total. The van der Waals surface area contributed by atoms with E-state index in [0.717, 1.165) is 37.1 Å². The molecule has 1 aliphatic rings. The summed E-state index contributed by atoms with van der Waals surface area (Å²) in [5.41, 5.74) is 3.61. The fraction of sp³-hybridized carbons (Fsp3) is 0.310. The SMILES string of the molecule is CC(C)NCCC1CCCN(C(=O)c2ccc(NC(=O)c3ccccc3Cl)cc2)c2ccc(Cl)cc21. The molecule has 188 valence electrons. The second kappa shape index (κ2) is 11.9. The minimum Gasteiger partial charge on any atom is -0.322 e. The lowest BCUT2D eigenvalue weighted by molar-refractivity contribution is 0.0985. The van der Waals surface area contributed by atoms with Crippen molar-refractivity contribution in [1.82, 2.24) is 5.32 Å². The van der Waals surface area contributed by atoms with Crippen molar-refractivity contribution >= 4 is 46.4 Å². The maximum atomic E-state index is 13.6. The van der Waals surface area contributed by atoms with Gasteiger partial charge in [0, 0.05) is 34.5 Å². The Bertz CT molecular complexity index is 1230. The number of amides is 2. The van der Waals surface area contributed by atoms with Gasteiger partial charge in [0.15, 0.2) is 0 Å². The molecule has 5 nitrogen and oxygen atoms in total. The summed E-state index contributed by atoms with van der Waals surface area (Å²) in [6.07, 6.45) is 2.91. The van der Waals surface area contributed by atoms with Gasteiger partial charge >= 0.3 is 0 Å². The third-order valence-electron chi connectivity index (χ3n) is 6.45. The first-order chi connectivity index (χ1) is 17.3. The zero-order valence-corrected chi connectivity index (χ0v) is 22.1. The van der Waals surface area contributed by atoms with Crippen LogP contribution in [0.5, 0.6) is 0 Å². The predicted molar refractivity (Wildman–Crippen MR) is 149 cm³/mol. The highest BCUT2D eigenvalue weighted by Crippen LogP contribution is 2.38. The monoisotopic (exact) mass is 523 g/mol. The van der Waals surface area contributed by atoms with Crippen LogP contribution in [-0.4, -0.2) is 30.9 Å². The Morgan fingerprint density at radius 3 is 2.50 bits per heavy atom. The summed E-state index contributed by atoms with van der Waals surface area (Å²) in [5.74, 6) is -0.0235. The molecule has 1 atom stereocenters. The van der Waals surface area contributed by atoms with Crippen LogP contribution in [0.25, 0.3) is 0 Å². The van der Waals surface area contributed by atoms with Gasteiger partial charge in [0.2, 0.25) is 0 Å². The number of carbonyl (C=O) groups excluding carboxylic acids is 2. The van der Waals surface area contributed by atoms with Gasteiger partial charge in [-0.05, 0) is 91.9 Å². The maximum Gasteiger partial charge on any atom is 0.258 e. The van der Waals surface area contributed by atoms with Gasteiger partial charge in [-0.15, -0.1) is 0 Å². The first kappa shape index (κ1) is 26.2. The van der Waals surface area contributed by atoms with Crippen molar-refractivity contribution in [2.75, 3.05) is 23.3 Å². The summed E-state index contributed by atoms with van der Waals surface area (Å²) in [7, 11) is 0. The van der Waals surface area contributed by atoms with Gasteiger partial charge in [-0.1, -0.05) is 49.2 Å². The fourth-order valence-electron chi connectivity index (χ4n) is 4.62. The molecular weight excluding hydrogens is 493 g/mol. The van der Waals surface area contributed by atoms with Gasteiger partial charge < -0.3 is 15.5 Å². The Labute approximate surface area is 222 Å². The van der Waals surface area contributed by atoms with E-state index in [-0.39, 0.29) is 11.8 Å². The minimum absolute atomic E-state index is 0.0662. The highest BCUT2D eigenvalue weighted by Gasteiger charge is 2.27. The van der Waals surface area contributed by atoms with E-state index in [9.17, 15) is 9.59 Å². The van der Waals surface area contributed by atoms with Crippen molar-refractivity contribution in [2.45, 2.75) is 45.1 Å². The van der Waals surface area contributed by atoms with Gasteiger partial charge in [0.1, 0.15) is 0 Å². The Balaban J connectivity index is 1.51. The van der Waals surface area contributed by atoms with Crippen LogP contribution in [0.4, 0.5) is 11.4 Å². The standard InChI is InChI=1S/C29H31Cl2N3O2/c1-19(2)32-16-15-20-6-5-17-34(27-14-11-22(30)18-25(20)27)29(36)21-9-12-23(13-10-21)33-28(35)24-7-3-4-8-26(24)31/h3-4,7-14,18-20,32H,5-6,15-17H2,1-2H3,(H,33,35). The molecule has 2 amide bonds. The number of hydrogen-bond donors (Lipinski definition) is 2. The zero-order valence-electron chi connectivity index (χ0n) is 20.6. The molecule has 3 aromatic carbocycles. The van der Waals surface area contributed by atoms with E-state index in [1.54, 1.807) is 48.5 Å². The average molecular weight is 524 g/mol. The van der Waals surface area contributed by atoms with Crippen LogP contribution in [-0.2, 0) is 0 Å². The summed E-state index contributed by atoms with van der Waals surface area (Å²) >= 11 is 12.5. The molecule has 0 bridgehead atoms. The molecule has 7 heteroatoms. The quantitative estimate of drug-likeness (QED) is 0.345. The molecule has 1 aliphatic heterocycles. The van der Waals surface area contributed by atoms with Crippen molar-refractivity contribution in [1.29, 1.82) is 0 Å². The average Bonchev–Trinajstić information content (AvgIpc) is 3.03. The summed E-state index contributed by atoms with van der Waals surface area (Å²) in [4.78, 5) is 28.0. The molecule has 36 heavy (non-hydrogen) atoms. The van der Waals surface area contributed by atoms with E-state index in [4.69, 9.17) is 23.2 Å². The van der Waals surface area contributed by atoms with Crippen molar-refractivity contribution in [3.05, 3.63) is 93.5 Å². The number of hydrogen-bond acceptors (Lipinski definition) is 3. The Kier molecular flexibility index (Phi) is 8.68.